The van der Waals surface area contributed by atoms with E-state index in [1.165, 1.54) is 23.5 Å². The zero-order chi connectivity index (χ0) is 15.7. The Kier molecular flexibility index (Phi) is 4.71. The summed E-state index contributed by atoms with van der Waals surface area (Å²) in [5, 5.41) is 0. The second-order valence-electron chi connectivity index (χ2n) is 5.97. The van der Waals surface area contributed by atoms with Crippen LogP contribution >= 0.6 is 0 Å². The highest BCUT2D eigenvalue weighted by Gasteiger charge is 2.32. The topological polar surface area (TPSA) is 72.6 Å². The molecule has 0 fully saturated rings. The van der Waals surface area contributed by atoms with Crippen molar-refractivity contribution in [1.82, 2.24) is 4.31 Å². The highest BCUT2D eigenvalue weighted by molar-refractivity contribution is 7.89. The van der Waals surface area contributed by atoms with E-state index in [9.17, 15) is 8.42 Å². The lowest BCUT2D eigenvalue weighted by Crippen LogP contribution is -2.42. The average molecular weight is 300 g/mol. The standard InChI is InChI=1S/C14H24N2O3S/c1-10(14(2,3)4)16(5)20(17,18)11-7-8-13(19-6)12(15)9-11/h7-10H,15H2,1-6H3. The summed E-state index contributed by atoms with van der Waals surface area (Å²) in [5.74, 6) is 0.468. The van der Waals surface area contributed by atoms with Crippen LogP contribution < -0.4 is 10.5 Å². The molecule has 0 radical (unpaired) electrons. The van der Waals surface area contributed by atoms with Gasteiger partial charge in [-0.3, -0.25) is 0 Å². The molecule has 0 spiro atoms. The fourth-order valence-corrected chi connectivity index (χ4v) is 3.37. The third-order valence-corrected chi connectivity index (χ3v) is 5.60. The molecule has 5 nitrogen and oxygen atoms in total. The van der Waals surface area contributed by atoms with Crippen molar-refractivity contribution in [3.63, 3.8) is 0 Å². The van der Waals surface area contributed by atoms with Crippen LogP contribution in [0.15, 0.2) is 23.1 Å². The summed E-state index contributed by atoms with van der Waals surface area (Å²) in [6.07, 6.45) is 0. The normalized spacial score (nSPS) is 14.3. The molecule has 1 rings (SSSR count). The van der Waals surface area contributed by atoms with E-state index in [2.05, 4.69) is 0 Å². The largest absolute Gasteiger partial charge is 0.495 e. The molecule has 6 heteroatoms. The van der Waals surface area contributed by atoms with Crippen molar-refractivity contribution in [2.45, 2.75) is 38.6 Å². The summed E-state index contributed by atoms with van der Waals surface area (Å²) < 4.78 is 31.6. The Morgan fingerprint density at radius 2 is 1.85 bits per heavy atom. The van der Waals surface area contributed by atoms with Crippen LogP contribution in [0.5, 0.6) is 5.75 Å². The Bertz CT molecular complexity index is 577. The van der Waals surface area contributed by atoms with Crippen LogP contribution in [-0.2, 0) is 10.0 Å². The first kappa shape index (κ1) is 16.8. The molecule has 0 saturated carbocycles. The third kappa shape index (κ3) is 3.24. The molecule has 2 N–H and O–H groups in total. The summed E-state index contributed by atoms with van der Waals surface area (Å²) in [5.41, 5.74) is 5.94. The number of nitrogen functional groups attached to an aromatic ring is 1. The van der Waals surface area contributed by atoms with E-state index in [0.29, 0.717) is 11.4 Å². The number of ether oxygens (including phenoxy) is 1. The molecule has 0 aliphatic carbocycles. The van der Waals surface area contributed by atoms with Gasteiger partial charge in [0.15, 0.2) is 0 Å². The molecule has 1 atom stereocenters. The van der Waals surface area contributed by atoms with Crippen LogP contribution in [0.2, 0.25) is 0 Å². The number of anilines is 1. The first-order valence-electron chi connectivity index (χ1n) is 6.43. The molecule has 20 heavy (non-hydrogen) atoms. The zero-order valence-corrected chi connectivity index (χ0v) is 13.8. The van der Waals surface area contributed by atoms with Gasteiger partial charge < -0.3 is 10.5 Å². The monoisotopic (exact) mass is 300 g/mol. The third-order valence-electron chi connectivity index (χ3n) is 3.68. The number of rotatable bonds is 4. The summed E-state index contributed by atoms with van der Waals surface area (Å²) in [6, 6.07) is 4.37. The van der Waals surface area contributed by atoms with Gasteiger partial charge in [-0.05, 0) is 30.5 Å². The second kappa shape index (κ2) is 5.61. The van der Waals surface area contributed by atoms with Crippen molar-refractivity contribution in [1.29, 1.82) is 0 Å². The van der Waals surface area contributed by atoms with Gasteiger partial charge in [-0.1, -0.05) is 20.8 Å². The van der Waals surface area contributed by atoms with E-state index in [1.54, 1.807) is 13.1 Å². The molecule has 1 aromatic rings. The summed E-state index contributed by atoms with van der Waals surface area (Å²) >= 11 is 0. The van der Waals surface area contributed by atoms with Crippen LogP contribution in [0.1, 0.15) is 27.7 Å². The number of hydrogen-bond donors (Lipinski definition) is 1. The minimum Gasteiger partial charge on any atom is -0.495 e. The lowest BCUT2D eigenvalue weighted by molar-refractivity contribution is 0.216. The fraction of sp³-hybridized carbons (Fsp3) is 0.571. The second-order valence-corrected chi connectivity index (χ2v) is 7.96. The maximum absolute atomic E-state index is 12.6. The Labute approximate surface area is 121 Å². The molecular weight excluding hydrogens is 276 g/mol. The van der Waals surface area contributed by atoms with Gasteiger partial charge in [0.05, 0.1) is 17.7 Å². The summed E-state index contributed by atoms with van der Waals surface area (Å²) in [7, 11) is -0.488. The van der Waals surface area contributed by atoms with E-state index in [4.69, 9.17) is 10.5 Å². The van der Waals surface area contributed by atoms with E-state index in [0.717, 1.165) is 0 Å². The molecule has 0 amide bonds. The predicted molar refractivity (Wildman–Crippen MR) is 81.3 cm³/mol. The van der Waals surface area contributed by atoms with E-state index >= 15 is 0 Å². The van der Waals surface area contributed by atoms with Gasteiger partial charge in [0.2, 0.25) is 10.0 Å². The Balaban J connectivity index is 3.20. The molecule has 0 aliphatic heterocycles. The highest BCUT2D eigenvalue weighted by Crippen LogP contribution is 2.30. The smallest absolute Gasteiger partial charge is 0.243 e. The SMILES string of the molecule is COc1ccc(S(=O)(=O)N(C)C(C)C(C)(C)C)cc1N. The van der Waals surface area contributed by atoms with Gasteiger partial charge in [-0.15, -0.1) is 0 Å². The minimum atomic E-state index is -3.57. The highest BCUT2D eigenvalue weighted by atomic mass is 32.2. The summed E-state index contributed by atoms with van der Waals surface area (Å²) in [4.78, 5) is 0.175. The number of benzene rings is 1. The van der Waals surface area contributed by atoms with Crippen molar-refractivity contribution >= 4 is 15.7 Å². The Hall–Kier alpha value is -1.27. The molecular formula is C14H24N2O3S. The van der Waals surface area contributed by atoms with Crippen molar-refractivity contribution < 1.29 is 13.2 Å². The molecule has 1 unspecified atom stereocenters. The molecule has 0 aliphatic rings. The number of methoxy groups -OCH3 is 1. The lowest BCUT2D eigenvalue weighted by atomic mass is 9.88. The molecule has 0 heterocycles. The predicted octanol–water partition coefficient (Wildman–Crippen LogP) is 2.33. The van der Waals surface area contributed by atoms with E-state index < -0.39 is 10.0 Å². The fourth-order valence-electron chi connectivity index (χ4n) is 1.79. The first-order chi connectivity index (χ1) is 9.01. The van der Waals surface area contributed by atoms with Gasteiger partial charge in [0, 0.05) is 13.1 Å². The van der Waals surface area contributed by atoms with Gasteiger partial charge in [0.1, 0.15) is 5.75 Å². The minimum absolute atomic E-state index is 0.143. The zero-order valence-electron chi connectivity index (χ0n) is 13.0. The molecule has 0 aromatic heterocycles. The van der Waals surface area contributed by atoms with Gasteiger partial charge in [0.25, 0.3) is 0 Å². The lowest BCUT2D eigenvalue weighted by Gasteiger charge is -2.34. The number of sulfonamides is 1. The van der Waals surface area contributed by atoms with Crippen LogP contribution in [0.25, 0.3) is 0 Å². The maximum atomic E-state index is 12.6. The van der Waals surface area contributed by atoms with Gasteiger partial charge in [-0.2, -0.15) is 4.31 Å². The van der Waals surface area contributed by atoms with Crippen LogP contribution in [-0.4, -0.2) is 32.9 Å². The van der Waals surface area contributed by atoms with E-state index in [1.807, 2.05) is 27.7 Å². The van der Waals surface area contributed by atoms with Crippen molar-refractivity contribution in [2.75, 3.05) is 19.9 Å². The quantitative estimate of drug-likeness (QED) is 0.866. The van der Waals surface area contributed by atoms with Gasteiger partial charge >= 0.3 is 0 Å². The van der Waals surface area contributed by atoms with Crippen molar-refractivity contribution in [3.05, 3.63) is 18.2 Å². The maximum Gasteiger partial charge on any atom is 0.243 e. The number of nitrogens with two attached hydrogens (primary N) is 1. The molecule has 0 bridgehead atoms. The van der Waals surface area contributed by atoms with E-state index in [-0.39, 0.29) is 16.4 Å². The summed E-state index contributed by atoms with van der Waals surface area (Å²) in [6.45, 7) is 7.91. The molecule has 1 aromatic carbocycles. The number of nitrogens with zero attached hydrogens (tertiary/aromatic N) is 1. The van der Waals surface area contributed by atoms with Crippen molar-refractivity contribution in [2.24, 2.45) is 5.41 Å². The molecule has 114 valence electrons. The van der Waals surface area contributed by atoms with Crippen LogP contribution in [0.3, 0.4) is 0 Å². The first-order valence-corrected chi connectivity index (χ1v) is 7.87. The average Bonchev–Trinajstić information content (AvgIpc) is 2.35. The Morgan fingerprint density at radius 1 is 1.30 bits per heavy atom. The molecule has 0 saturated heterocycles. The van der Waals surface area contributed by atoms with Gasteiger partial charge in [-0.25, -0.2) is 8.42 Å². The van der Waals surface area contributed by atoms with Crippen molar-refractivity contribution in [3.8, 4) is 5.75 Å². The van der Waals surface area contributed by atoms with Crippen LogP contribution in [0.4, 0.5) is 5.69 Å². The van der Waals surface area contributed by atoms with Crippen LogP contribution in [0, 0.1) is 5.41 Å². The Morgan fingerprint density at radius 3 is 2.25 bits per heavy atom. The number of hydrogen-bond acceptors (Lipinski definition) is 4.